The Hall–Kier alpha value is -0.970. The summed E-state index contributed by atoms with van der Waals surface area (Å²) in [6.07, 6.45) is 1.06. The van der Waals surface area contributed by atoms with E-state index in [4.69, 9.17) is 4.74 Å². The summed E-state index contributed by atoms with van der Waals surface area (Å²) in [7, 11) is 2.06. The number of nitrogens with one attached hydrogen (secondary N) is 1. The van der Waals surface area contributed by atoms with Crippen molar-refractivity contribution >= 4 is 0 Å². The molecule has 21 heavy (non-hydrogen) atoms. The maximum atomic E-state index is 13.9. The van der Waals surface area contributed by atoms with Crippen molar-refractivity contribution < 1.29 is 9.13 Å². The van der Waals surface area contributed by atoms with Crippen molar-refractivity contribution in [2.24, 2.45) is 5.92 Å². The van der Waals surface area contributed by atoms with Crippen molar-refractivity contribution in [3.63, 3.8) is 0 Å². The normalized spacial score (nSPS) is 24.2. The van der Waals surface area contributed by atoms with Gasteiger partial charge in [0.25, 0.3) is 0 Å². The zero-order valence-electron chi connectivity index (χ0n) is 13.3. The number of ether oxygens (including phenoxy) is 1. The number of hydrogen-bond acceptors (Lipinski definition) is 3. The van der Waals surface area contributed by atoms with Gasteiger partial charge >= 0.3 is 0 Å². The second-order valence-electron chi connectivity index (χ2n) is 5.92. The van der Waals surface area contributed by atoms with Crippen LogP contribution < -0.4 is 5.32 Å². The van der Waals surface area contributed by atoms with Crippen LogP contribution in [0.4, 0.5) is 4.39 Å². The van der Waals surface area contributed by atoms with Gasteiger partial charge in [-0.25, -0.2) is 4.39 Å². The van der Waals surface area contributed by atoms with Crippen molar-refractivity contribution in [1.82, 2.24) is 10.2 Å². The van der Waals surface area contributed by atoms with Crippen LogP contribution in [0, 0.1) is 11.7 Å². The van der Waals surface area contributed by atoms with Crippen LogP contribution in [0.1, 0.15) is 31.9 Å². The molecule has 1 aliphatic heterocycles. The molecule has 1 saturated heterocycles. The Morgan fingerprint density at radius 1 is 1.43 bits per heavy atom. The van der Waals surface area contributed by atoms with Crippen molar-refractivity contribution in [2.75, 3.05) is 33.4 Å². The molecule has 0 saturated carbocycles. The molecule has 2 rings (SSSR count). The molecule has 118 valence electrons. The highest BCUT2D eigenvalue weighted by Crippen LogP contribution is 2.24. The SMILES string of the molecule is CCNC1CCOCC1CN(C)C(C)c1ccccc1F. The van der Waals surface area contributed by atoms with Gasteiger partial charge in [-0.2, -0.15) is 0 Å². The van der Waals surface area contributed by atoms with E-state index in [1.165, 1.54) is 6.07 Å². The zero-order chi connectivity index (χ0) is 15.2. The maximum Gasteiger partial charge on any atom is 0.127 e. The summed E-state index contributed by atoms with van der Waals surface area (Å²) in [4.78, 5) is 2.22. The molecule has 0 radical (unpaired) electrons. The van der Waals surface area contributed by atoms with Gasteiger partial charge in [-0.3, -0.25) is 4.90 Å². The second kappa shape index (κ2) is 7.87. The third-order valence-corrected chi connectivity index (χ3v) is 4.48. The summed E-state index contributed by atoms with van der Waals surface area (Å²) in [6.45, 7) is 7.70. The number of rotatable bonds is 6. The lowest BCUT2D eigenvalue weighted by molar-refractivity contribution is 0.0156. The fourth-order valence-corrected chi connectivity index (χ4v) is 3.09. The largest absolute Gasteiger partial charge is 0.381 e. The first kappa shape index (κ1) is 16.4. The molecule has 1 fully saturated rings. The highest BCUT2D eigenvalue weighted by Gasteiger charge is 2.27. The van der Waals surface area contributed by atoms with Crippen LogP contribution in [0.15, 0.2) is 24.3 Å². The van der Waals surface area contributed by atoms with Gasteiger partial charge in [-0.05, 0) is 33.0 Å². The average Bonchev–Trinajstić information content (AvgIpc) is 2.49. The van der Waals surface area contributed by atoms with Gasteiger partial charge in [0.1, 0.15) is 5.82 Å². The van der Waals surface area contributed by atoms with Gasteiger partial charge in [0.05, 0.1) is 6.61 Å². The molecule has 1 aromatic rings. The minimum atomic E-state index is -0.125. The summed E-state index contributed by atoms with van der Waals surface area (Å²) in [5, 5.41) is 3.55. The molecular formula is C17H27FN2O. The number of benzene rings is 1. The molecule has 3 nitrogen and oxygen atoms in total. The van der Waals surface area contributed by atoms with Crippen LogP contribution >= 0.6 is 0 Å². The van der Waals surface area contributed by atoms with E-state index in [0.717, 1.165) is 38.3 Å². The van der Waals surface area contributed by atoms with Gasteiger partial charge < -0.3 is 10.1 Å². The van der Waals surface area contributed by atoms with Crippen LogP contribution in [-0.2, 0) is 4.74 Å². The predicted octanol–water partition coefficient (Wildman–Crippen LogP) is 2.83. The number of halogens is 1. The number of hydrogen-bond donors (Lipinski definition) is 1. The lowest BCUT2D eigenvalue weighted by atomic mass is 9.94. The van der Waals surface area contributed by atoms with E-state index >= 15 is 0 Å². The first-order valence-corrected chi connectivity index (χ1v) is 7.89. The van der Waals surface area contributed by atoms with Crippen molar-refractivity contribution in [3.05, 3.63) is 35.6 Å². The Morgan fingerprint density at radius 2 is 2.19 bits per heavy atom. The van der Waals surface area contributed by atoms with Gasteiger partial charge in [0.15, 0.2) is 0 Å². The Bertz CT molecular complexity index is 439. The molecule has 0 aromatic heterocycles. The van der Waals surface area contributed by atoms with Crippen molar-refractivity contribution in [2.45, 2.75) is 32.4 Å². The zero-order valence-corrected chi connectivity index (χ0v) is 13.3. The lowest BCUT2D eigenvalue weighted by Crippen LogP contribution is -2.47. The molecule has 0 aliphatic carbocycles. The Labute approximate surface area is 127 Å². The van der Waals surface area contributed by atoms with Gasteiger partial charge in [0.2, 0.25) is 0 Å². The van der Waals surface area contributed by atoms with Crippen LogP contribution in [0.25, 0.3) is 0 Å². The number of nitrogens with zero attached hydrogens (tertiary/aromatic N) is 1. The van der Waals surface area contributed by atoms with Crippen LogP contribution in [-0.4, -0.2) is 44.3 Å². The van der Waals surface area contributed by atoms with E-state index in [2.05, 4.69) is 31.1 Å². The minimum absolute atomic E-state index is 0.0652. The quantitative estimate of drug-likeness (QED) is 0.873. The molecule has 0 bridgehead atoms. The standard InChI is InChI=1S/C17H27FN2O/c1-4-19-17-9-10-21-12-14(17)11-20(3)13(2)15-7-5-6-8-16(15)18/h5-8,13-14,17,19H,4,9-12H2,1-3H3. The van der Waals surface area contributed by atoms with Crippen molar-refractivity contribution in [1.29, 1.82) is 0 Å². The Morgan fingerprint density at radius 3 is 2.90 bits per heavy atom. The summed E-state index contributed by atoms with van der Waals surface area (Å²) in [5.41, 5.74) is 0.761. The van der Waals surface area contributed by atoms with Crippen molar-refractivity contribution in [3.8, 4) is 0 Å². The molecule has 3 unspecified atom stereocenters. The molecule has 1 N–H and O–H groups in total. The topological polar surface area (TPSA) is 24.5 Å². The van der Waals surface area contributed by atoms with Crippen LogP contribution in [0.5, 0.6) is 0 Å². The van der Waals surface area contributed by atoms with E-state index < -0.39 is 0 Å². The molecule has 1 aromatic carbocycles. The second-order valence-corrected chi connectivity index (χ2v) is 5.92. The molecule has 3 atom stereocenters. The first-order valence-electron chi connectivity index (χ1n) is 7.89. The van der Waals surface area contributed by atoms with Crippen LogP contribution in [0.3, 0.4) is 0 Å². The maximum absolute atomic E-state index is 13.9. The molecule has 4 heteroatoms. The first-order chi connectivity index (χ1) is 10.1. The smallest absolute Gasteiger partial charge is 0.127 e. The predicted molar refractivity (Wildman–Crippen MR) is 83.8 cm³/mol. The molecule has 0 amide bonds. The lowest BCUT2D eigenvalue weighted by Gasteiger charge is -2.36. The monoisotopic (exact) mass is 294 g/mol. The fraction of sp³-hybridized carbons (Fsp3) is 0.647. The summed E-state index contributed by atoms with van der Waals surface area (Å²) < 4.78 is 19.5. The third-order valence-electron chi connectivity index (χ3n) is 4.48. The highest BCUT2D eigenvalue weighted by molar-refractivity contribution is 5.20. The highest BCUT2D eigenvalue weighted by atomic mass is 19.1. The van der Waals surface area contributed by atoms with Gasteiger partial charge in [-0.15, -0.1) is 0 Å². The molecular weight excluding hydrogens is 267 g/mol. The van der Waals surface area contributed by atoms with E-state index in [1.807, 2.05) is 12.1 Å². The van der Waals surface area contributed by atoms with Gasteiger partial charge in [0, 0.05) is 36.7 Å². The average molecular weight is 294 g/mol. The summed E-state index contributed by atoms with van der Waals surface area (Å²) in [6, 6.07) is 7.60. The minimum Gasteiger partial charge on any atom is -0.381 e. The van der Waals surface area contributed by atoms with E-state index in [-0.39, 0.29) is 11.9 Å². The van der Waals surface area contributed by atoms with E-state index in [9.17, 15) is 4.39 Å². The molecule has 0 spiro atoms. The summed E-state index contributed by atoms with van der Waals surface area (Å²) in [5.74, 6) is 0.331. The molecule has 1 aliphatic rings. The fourth-order valence-electron chi connectivity index (χ4n) is 3.09. The molecule has 1 heterocycles. The van der Waals surface area contributed by atoms with E-state index in [1.54, 1.807) is 6.07 Å². The Balaban J connectivity index is 1.99. The van der Waals surface area contributed by atoms with Gasteiger partial charge in [-0.1, -0.05) is 25.1 Å². The third kappa shape index (κ3) is 4.25. The Kier molecular flexibility index (Phi) is 6.15. The summed E-state index contributed by atoms with van der Waals surface area (Å²) >= 11 is 0. The van der Waals surface area contributed by atoms with Crippen LogP contribution in [0.2, 0.25) is 0 Å². The van der Waals surface area contributed by atoms with E-state index in [0.29, 0.717) is 12.0 Å².